The van der Waals surface area contributed by atoms with Gasteiger partial charge in [-0.05, 0) is 93.7 Å². The Balaban J connectivity index is 0.00000142. The third kappa shape index (κ3) is 11.9. The Kier molecular flexibility index (Phi) is 16.8. The summed E-state index contributed by atoms with van der Waals surface area (Å²) in [5.74, 6) is 9.96. The second kappa shape index (κ2) is 21.9. The van der Waals surface area contributed by atoms with Crippen LogP contribution in [-0.4, -0.2) is 86.7 Å². The number of rotatable bonds is 11. The number of H-pyrrole nitrogens is 2. The molecule has 0 radical (unpaired) electrons. The number of fused-ring (bicyclic) bond motifs is 4. The molecule has 1 aliphatic carbocycles. The first-order valence-corrected chi connectivity index (χ1v) is 20.0. The average Bonchev–Trinajstić information content (AvgIpc) is 3.95. The van der Waals surface area contributed by atoms with Gasteiger partial charge in [0.15, 0.2) is 0 Å². The van der Waals surface area contributed by atoms with E-state index < -0.39 is 18.2 Å². The fraction of sp³-hybridized carbons (Fsp3) is 0.455. The predicted molar refractivity (Wildman–Crippen MR) is 224 cm³/mol. The fourth-order valence-electron chi connectivity index (χ4n) is 7.02. The van der Waals surface area contributed by atoms with Crippen molar-refractivity contribution in [3.8, 4) is 35.4 Å². The molecule has 2 aromatic heterocycles. The molecule has 2 aromatic carbocycles. The van der Waals surface area contributed by atoms with Crippen molar-refractivity contribution >= 4 is 35.0 Å². The van der Waals surface area contributed by atoms with Crippen LogP contribution in [0.4, 0.5) is 9.59 Å². The minimum absolute atomic E-state index is 0.101. The molecule has 308 valence electrons. The lowest BCUT2D eigenvalue weighted by Gasteiger charge is -2.30. The maximum absolute atomic E-state index is 13.7. The molecule has 14 heteroatoms. The highest BCUT2D eigenvalue weighted by atomic mass is 16.5. The van der Waals surface area contributed by atoms with E-state index in [-0.39, 0.29) is 30.3 Å². The number of terminal acetylenes is 1. The number of ether oxygens (including phenoxy) is 1. The van der Waals surface area contributed by atoms with Crippen LogP contribution in [0.15, 0.2) is 36.4 Å². The van der Waals surface area contributed by atoms with E-state index in [1.807, 2.05) is 62.2 Å². The van der Waals surface area contributed by atoms with Gasteiger partial charge in [0.05, 0.1) is 36.4 Å². The number of benzene rings is 2. The molecule has 6 rings (SSSR count). The summed E-state index contributed by atoms with van der Waals surface area (Å²) in [6, 6.07) is 11.3. The average molecular weight is 793 g/mol. The van der Waals surface area contributed by atoms with Gasteiger partial charge in [0, 0.05) is 41.9 Å². The second-order valence-electron chi connectivity index (χ2n) is 14.1. The van der Waals surface area contributed by atoms with Crippen molar-refractivity contribution in [1.29, 1.82) is 0 Å². The number of hydrogen-bond acceptors (Lipinski definition) is 7. The number of hydrogen-bond donors (Lipinski definition) is 6. The number of unbranched alkanes of at least 4 members (excludes halogenated alkanes) is 1. The van der Waals surface area contributed by atoms with Gasteiger partial charge in [-0.3, -0.25) is 9.59 Å². The lowest BCUT2D eigenvalue weighted by Crippen LogP contribution is -2.51. The van der Waals surface area contributed by atoms with E-state index >= 15 is 0 Å². The minimum atomic E-state index is -1.23. The molecule has 6 N–H and O–H groups in total. The number of nitrogens with one attached hydrogen (secondary N) is 5. The number of carbonyl (C=O) groups excluding carboxylic acids is 3. The second-order valence-corrected chi connectivity index (χ2v) is 14.1. The van der Waals surface area contributed by atoms with Crippen LogP contribution in [-0.2, 0) is 33.6 Å². The van der Waals surface area contributed by atoms with Gasteiger partial charge in [-0.2, -0.15) is 0 Å². The van der Waals surface area contributed by atoms with Crippen LogP contribution >= 0.6 is 0 Å². The Morgan fingerprint density at radius 3 is 2.43 bits per heavy atom. The molecular weight excluding hydrogens is 737 g/mol. The van der Waals surface area contributed by atoms with E-state index in [0.29, 0.717) is 13.1 Å². The highest BCUT2D eigenvalue weighted by molar-refractivity contribution is 5.86. The van der Waals surface area contributed by atoms with Crippen molar-refractivity contribution in [2.45, 2.75) is 98.1 Å². The normalized spacial score (nSPS) is 14.4. The number of methoxy groups -OCH3 is 1. The Hall–Kier alpha value is -6.28. The van der Waals surface area contributed by atoms with Crippen LogP contribution < -0.4 is 16.0 Å². The molecule has 1 saturated heterocycles. The molecular formula is C44H56N8O6. The van der Waals surface area contributed by atoms with Crippen molar-refractivity contribution in [3.05, 3.63) is 70.4 Å². The molecule has 2 atom stereocenters. The largest absolute Gasteiger partial charge is 0.465 e. The maximum atomic E-state index is 13.7. The Labute approximate surface area is 340 Å². The van der Waals surface area contributed by atoms with Gasteiger partial charge >= 0.3 is 12.2 Å². The van der Waals surface area contributed by atoms with E-state index in [0.717, 1.165) is 102 Å². The quantitative estimate of drug-likeness (QED) is 0.0757. The van der Waals surface area contributed by atoms with Crippen LogP contribution in [0.3, 0.4) is 0 Å². The molecule has 3 heterocycles. The third-order valence-corrected chi connectivity index (χ3v) is 9.72. The van der Waals surface area contributed by atoms with Crippen LogP contribution in [0.5, 0.6) is 0 Å². The monoisotopic (exact) mass is 792 g/mol. The molecule has 2 unspecified atom stereocenters. The standard InChI is InChI=1S/C39H46N8O6.C3H4.C2H6/c1-23(2)34(46-39(52)53-3)37(49)47-19-7-10-31(47)36-44-29-9-6-8-26-20-24(14-16-27(26)35(29)45-36)12-13-25-15-17-28-30(21-25)43-32(42-28)11-4-5-18-40-33(48)22-41-38(50)51;1-3-2;1-2/h14-17,20-21,23,31,34,41H,4-11,18-19,22H2,1-3H3,(H,40,48)(H,42,43)(H,44,45)(H,46,52)(H,50,51);1H,2H3;1-2H3. The Morgan fingerprint density at radius 1 is 1.00 bits per heavy atom. The number of carboxylic acid groups (broad SMARTS) is 1. The van der Waals surface area contributed by atoms with Gasteiger partial charge in [0.1, 0.15) is 17.7 Å². The van der Waals surface area contributed by atoms with Crippen molar-refractivity contribution < 1.29 is 29.0 Å². The number of imidazole rings is 2. The first-order valence-electron chi connectivity index (χ1n) is 20.0. The minimum Gasteiger partial charge on any atom is -0.465 e. The number of aromatic nitrogens is 4. The van der Waals surface area contributed by atoms with Crippen molar-refractivity contribution in [2.75, 3.05) is 26.7 Å². The summed E-state index contributed by atoms with van der Waals surface area (Å²) in [6.07, 6.45) is 9.41. The summed E-state index contributed by atoms with van der Waals surface area (Å²) in [5, 5.41) is 16.0. The molecule has 4 aromatic rings. The highest BCUT2D eigenvalue weighted by Gasteiger charge is 2.38. The number of alkyl carbamates (subject to hydrolysis) is 1. The first kappa shape index (κ1) is 44.4. The van der Waals surface area contributed by atoms with Crippen molar-refractivity contribution in [2.24, 2.45) is 5.92 Å². The van der Waals surface area contributed by atoms with E-state index in [2.05, 4.69) is 61.9 Å². The lowest BCUT2D eigenvalue weighted by molar-refractivity contribution is -0.135. The fourth-order valence-corrected chi connectivity index (χ4v) is 7.02. The van der Waals surface area contributed by atoms with Crippen molar-refractivity contribution in [1.82, 2.24) is 40.8 Å². The molecule has 58 heavy (non-hydrogen) atoms. The van der Waals surface area contributed by atoms with Gasteiger partial charge in [-0.1, -0.05) is 45.6 Å². The number of carbonyl (C=O) groups is 4. The number of likely N-dealkylation sites (tertiary alicyclic amines) is 1. The van der Waals surface area contributed by atoms with Crippen LogP contribution in [0.25, 0.3) is 22.3 Å². The Bertz CT molecular complexity index is 2150. The molecule has 4 amide bonds. The van der Waals surface area contributed by atoms with Gasteiger partial charge < -0.3 is 40.7 Å². The topological polar surface area (TPSA) is 194 Å². The van der Waals surface area contributed by atoms with E-state index in [4.69, 9.17) is 14.8 Å². The van der Waals surface area contributed by atoms with Crippen LogP contribution in [0.1, 0.15) is 107 Å². The maximum Gasteiger partial charge on any atom is 0.407 e. The van der Waals surface area contributed by atoms with E-state index in [1.54, 1.807) is 6.92 Å². The summed E-state index contributed by atoms with van der Waals surface area (Å²) >= 11 is 0. The van der Waals surface area contributed by atoms with Gasteiger partial charge in [-0.25, -0.2) is 19.6 Å². The van der Waals surface area contributed by atoms with Crippen molar-refractivity contribution in [3.63, 3.8) is 0 Å². The molecule has 1 aliphatic heterocycles. The summed E-state index contributed by atoms with van der Waals surface area (Å²) in [6.45, 7) is 10.3. The van der Waals surface area contributed by atoms with Crippen LogP contribution in [0, 0.1) is 30.1 Å². The number of aryl methyl sites for hydroxylation is 3. The smallest absolute Gasteiger partial charge is 0.407 e. The highest BCUT2D eigenvalue weighted by Crippen LogP contribution is 2.37. The SMILES string of the molecule is C#CC.CC.COC(=O)NC(C(=O)N1CCCC1c1nc2c([nH]1)CCCc1cc(C#Cc3ccc4nc(CCCCNC(=O)CNC(=O)O)[nH]c4c3)ccc1-2)C(C)C. The number of aromatic amines is 2. The molecule has 2 aliphatic rings. The predicted octanol–water partition coefficient (Wildman–Crippen LogP) is 6.26. The molecule has 0 saturated carbocycles. The number of nitrogens with zero attached hydrogens (tertiary/aromatic N) is 3. The summed E-state index contributed by atoms with van der Waals surface area (Å²) < 4.78 is 4.78. The Morgan fingerprint density at radius 2 is 1.72 bits per heavy atom. The third-order valence-electron chi connectivity index (χ3n) is 9.72. The zero-order chi connectivity index (χ0) is 42.2. The van der Waals surface area contributed by atoms with E-state index in [1.165, 1.54) is 12.7 Å². The molecule has 1 fully saturated rings. The summed E-state index contributed by atoms with van der Waals surface area (Å²) in [4.78, 5) is 66.4. The van der Waals surface area contributed by atoms with Gasteiger partial charge in [-0.15, -0.1) is 12.3 Å². The molecule has 0 spiro atoms. The van der Waals surface area contributed by atoms with Gasteiger partial charge in [0.25, 0.3) is 0 Å². The van der Waals surface area contributed by atoms with Crippen LogP contribution in [0.2, 0.25) is 0 Å². The first-order chi connectivity index (χ1) is 28.0. The van der Waals surface area contributed by atoms with E-state index in [9.17, 15) is 19.2 Å². The zero-order valence-electron chi connectivity index (χ0n) is 34.4. The molecule has 0 bridgehead atoms. The summed E-state index contributed by atoms with van der Waals surface area (Å²) in [7, 11) is 1.30. The zero-order valence-corrected chi connectivity index (χ0v) is 34.4. The lowest BCUT2D eigenvalue weighted by atomic mass is 9.99. The van der Waals surface area contributed by atoms with Gasteiger partial charge in [0.2, 0.25) is 11.8 Å². The number of amides is 4. The summed E-state index contributed by atoms with van der Waals surface area (Å²) in [5.41, 5.74) is 7.85. The molecule has 14 nitrogen and oxygen atoms in total.